The molecule has 0 radical (unpaired) electrons. The van der Waals surface area contributed by atoms with E-state index in [-0.39, 0.29) is 12.5 Å². The molecule has 23 heavy (non-hydrogen) atoms. The van der Waals surface area contributed by atoms with Gasteiger partial charge in [0.1, 0.15) is 5.75 Å². The molecule has 5 nitrogen and oxygen atoms in total. The van der Waals surface area contributed by atoms with E-state index in [1.807, 2.05) is 0 Å². The van der Waals surface area contributed by atoms with Crippen molar-refractivity contribution in [3.63, 3.8) is 0 Å². The molecule has 1 aliphatic rings. The quantitative estimate of drug-likeness (QED) is 0.771. The first-order valence-corrected chi connectivity index (χ1v) is 7.40. The molecule has 0 aromatic heterocycles. The van der Waals surface area contributed by atoms with Crippen LogP contribution in [0.2, 0.25) is 10.0 Å². The standard InChI is InChI=1S/C16H11Cl2NO4/c1-22-16(21)9-2-5-14-13(6-9)19(15(20)8-23-14)12-7-10(17)3-4-11(12)18/h2-7H,8H2,1H3. The summed E-state index contributed by atoms with van der Waals surface area (Å²) in [4.78, 5) is 25.5. The average Bonchev–Trinajstić information content (AvgIpc) is 2.56. The van der Waals surface area contributed by atoms with Gasteiger partial charge >= 0.3 is 5.97 Å². The lowest BCUT2D eigenvalue weighted by molar-refractivity contribution is -0.120. The monoisotopic (exact) mass is 351 g/mol. The zero-order valence-corrected chi connectivity index (χ0v) is 13.5. The van der Waals surface area contributed by atoms with E-state index in [2.05, 4.69) is 0 Å². The molecule has 118 valence electrons. The number of hydrogen-bond donors (Lipinski definition) is 0. The zero-order chi connectivity index (χ0) is 16.6. The van der Waals surface area contributed by atoms with Gasteiger partial charge in [-0.3, -0.25) is 9.69 Å². The SMILES string of the molecule is COC(=O)c1ccc2c(c1)N(c1cc(Cl)ccc1Cl)C(=O)CO2. The summed E-state index contributed by atoms with van der Waals surface area (Å²) in [5, 5.41) is 0.799. The zero-order valence-electron chi connectivity index (χ0n) is 12.0. The van der Waals surface area contributed by atoms with Gasteiger partial charge in [-0.2, -0.15) is 0 Å². The van der Waals surface area contributed by atoms with E-state index in [9.17, 15) is 9.59 Å². The second kappa shape index (κ2) is 6.10. The van der Waals surface area contributed by atoms with Gasteiger partial charge in [-0.05, 0) is 36.4 Å². The number of hydrogen-bond acceptors (Lipinski definition) is 4. The lowest BCUT2D eigenvalue weighted by Gasteiger charge is -2.30. The molecule has 0 spiro atoms. The Morgan fingerprint density at radius 2 is 1.96 bits per heavy atom. The fourth-order valence-corrected chi connectivity index (χ4v) is 2.69. The number of anilines is 2. The topological polar surface area (TPSA) is 55.8 Å². The van der Waals surface area contributed by atoms with E-state index in [0.29, 0.717) is 32.7 Å². The maximum atomic E-state index is 12.4. The number of methoxy groups -OCH3 is 1. The van der Waals surface area contributed by atoms with E-state index in [4.69, 9.17) is 32.7 Å². The van der Waals surface area contributed by atoms with Gasteiger partial charge in [0.2, 0.25) is 0 Å². The van der Waals surface area contributed by atoms with Crippen LogP contribution in [0.5, 0.6) is 5.75 Å². The van der Waals surface area contributed by atoms with Gasteiger partial charge < -0.3 is 9.47 Å². The van der Waals surface area contributed by atoms with Gasteiger partial charge in [0.05, 0.1) is 29.1 Å². The number of carbonyl (C=O) groups excluding carboxylic acids is 2. The largest absolute Gasteiger partial charge is 0.482 e. The summed E-state index contributed by atoms with van der Waals surface area (Å²) in [6, 6.07) is 9.52. The summed E-state index contributed by atoms with van der Waals surface area (Å²) < 4.78 is 10.1. The van der Waals surface area contributed by atoms with Gasteiger partial charge in [0.15, 0.2) is 6.61 Å². The highest BCUT2D eigenvalue weighted by Crippen LogP contribution is 2.41. The first kappa shape index (κ1) is 15.6. The molecule has 0 unspecified atom stereocenters. The first-order valence-electron chi connectivity index (χ1n) is 6.64. The van der Waals surface area contributed by atoms with Crippen LogP contribution in [0.3, 0.4) is 0 Å². The molecule has 1 amide bonds. The average molecular weight is 352 g/mol. The predicted molar refractivity (Wildman–Crippen MR) is 86.9 cm³/mol. The Labute approximate surface area is 142 Å². The Morgan fingerprint density at radius 3 is 2.70 bits per heavy atom. The number of ether oxygens (including phenoxy) is 2. The van der Waals surface area contributed by atoms with Gasteiger partial charge in [0.25, 0.3) is 5.91 Å². The molecule has 3 rings (SSSR count). The third kappa shape index (κ3) is 2.85. The molecule has 7 heteroatoms. The molecular formula is C16H11Cl2NO4. The summed E-state index contributed by atoms with van der Waals surface area (Å²) >= 11 is 12.2. The Hall–Kier alpha value is -2.24. The molecule has 2 aromatic rings. The van der Waals surface area contributed by atoms with E-state index in [0.717, 1.165) is 0 Å². The van der Waals surface area contributed by atoms with E-state index in [1.54, 1.807) is 30.3 Å². The van der Waals surface area contributed by atoms with Crippen LogP contribution in [0.15, 0.2) is 36.4 Å². The van der Waals surface area contributed by atoms with Gasteiger partial charge in [-0.1, -0.05) is 23.2 Å². The van der Waals surface area contributed by atoms with Crippen molar-refractivity contribution >= 4 is 46.5 Å². The second-order valence-corrected chi connectivity index (χ2v) is 5.63. The van der Waals surface area contributed by atoms with Crippen molar-refractivity contribution in [2.75, 3.05) is 18.6 Å². The van der Waals surface area contributed by atoms with Crippen molar-refractivity contribution in [2.45, 2.75) is 0 Å². The molecule has 1 aliphatic heterocycles. The smallest absolute Gasteiger partial charge is 0.337 e. The lowest BCUT2D eigenvalue weighted by atomic mass is 10.1. The third-order valence-corrected chi connectivity index (χ3v) is 3.93. The number of halogens is 2. The maximum absolute atomic E-state index is 12.4. The first-order chi connectivity index (χ1) is 11.0. The summed E-state index contributed by atoms with van der Waals surface area (Å²) in [7, 11) is 1.29. The Kier molecular flexibility index (Phi) is 4.15. The van der Waals surface area contributed by atoms with E-state index in [1.165, 1.54) is 18.1 Å². The van der Waals surface area contributed by atoms with Crippen molar-refractivity contribution in [1.82, 2.24) is 0 Å². The predicted octanol–water partition coefficient (Wildman–Crippen LogP) is 3.84. The van der Waals surface area contributed by atoms with E-state index >= 15 is 0 Å². The summed E-state index contributed by atoms with van der Waals surface area (Å²) in [5.41, 5.74) is 1.14. The number of rotatable bonds is 2. The molecular weight excluding hydrogens is 341 g/mol. The molecule has 0 N–H and O–H groups in total. The molecule has 1 heterocycles. The second-order valence-electron chi connectivity index (χ2n) is 4.79. The van der Waals surface area contributed by atoms with Crippen LogP contribution in [0.1, 0.15) is 10.4 Å². The normalized spacial score (nSPS) is 13.3. The molecule has 0 aliphatic carbocycles. The molecule has 0 saturated carbocycles. The fourth-order valence-electron chi connectivity index (χ4n) is 2.32. The number of nitrogens with zero attached hydrogens (tertiary/aromatic N) is 1. The van der Waals surface area contributed by atoms with Gasteiger partial charge in [0, 0.05) is 5.02 Å². The van der Waals surface area contributed by atoms with Crippen LogP contribution in [-0.4, -0.2) is 25.6 Å². The Balaban J connectivity index is 2.17. The Morgan fingerprint density at radius 1 is 1.17 bits per heavy atom. The van der Waals surface area contributed by atoms with Gasteiger partial charge in [-0.25, -0.2) is 4.79 Å². The highest BCUT2D eigenvalue weighted by molar-refractivity contribution is 6.36. The number of benzene rings is 2. The van der Waals surface area contributed by atoms with Gasteiger partial charge in [-0.15, -0.1) is 0 Å². The van der Waals surface area contributed by atoms with Crippen LogP contribution in [-0.2, 0) is 9.53 Å². The van der Waals surface area contributed by atoms with Crippen molar-refractivity contribution in [3.05, 3.63) is 52.0 Å². The van der Waals surface area contributed by atoms with Crippen LogP contribution in [0.4, 0.5) is 11.4 Å². The van der Waals surface area contributed by atoms with Crippen molar-refractivity contribution in [2.24, 2.45) is 0 Å². The van der Waals surface area contributed by atoms with E-state index < -0.39 is 5.97 Å². The van der Waals surface area contributed by atoms with Crippen LogP contribution in [0.25, 0.3) is 0 Å². The maximum Gasteiger partial charge on any atom is 0.337 e. The molecule has 0 fully saturated rings. The molecule has 0 saturated heterocycles. The highest BCUT2D eigenvalue weighted by Gasteiger charge is 2.29. The molecule has 2 aromatic carbocycles. The minimum atomic E-state index is -0.511. The highest BCUT2D eigenvalue weighted by atomic mass is 35.5. The minimum Gasteiger partial charge on any atom is -0.482 e. The Bertz CT molecular complexity index is 807. The number of amides is 1. The summed E-state index contributed by atoms with van der Waals surface area (Å²) in [6.45, 7) is -0.132. The van der Waals surface area contributed by atoms with Crippen molar-refractivity contribution in [3.8, 4) is 5.75 Å². The number of fused-ring (bicyclic) bond motifs is 1. The van der Waals surface area contributed by atoms with Crippen LogP contribution < -0.4 is 9.64 Å². The third-order valence-electron chi connectivity index (χ3n) is 3.37. The van der Waals surface area contributed by atoms with Crippen molar-refractivity contribution < 1.29 is 19.1 Å². The molecule has 0 atom stereocenters. The number of carbonyl (C=O) groups is 2. The van der Waals surface area contributed by atoms with Crippen molar-refractivity contribution in [1.29, 1.82) is 0 Å². The lowest BCUT2D eigenvalue weighted by Crippen LogP contribution is -2.35. The number of esters is 1. The van der Waals surface area contributed by atoms with Crippen LogP contribution in [0, 0.1) is 0 Å². The summed E-state index contributed by atoms with van der Waals surface area (Å²) in [5.74, 6) is -0.361. The molecule has 0 bridgehead atoms. The minimum absolute atomic E-state index is 0.132. The fraction of sp³-hybridized carbons (Fsp3) is 0.125. The van der Waals surface area contributed by atoms with Crippen LogP contribution >= 0.6 is 23.2 Å². The summed E-state index contributed by atoms with van der Waals surface area (Å²) in [6.07, 6.45) is 0.